The Hall–Kier alpha value is -1.51. The zero-order chi connectivity index (χ0) is 18.7. The highest BCUT2D eigenvalue weighted by atomic mass is 32.1. The van der Waals surface area contributed by atoms with E-state index in [1.165, 1.54) is 11.3 Å². The average Bonchev–Trinajstić information content (AvgIpc) is 2.88. The van der Waals surface area contributed by atoms with E-state index < -0.39 is 0 Å². The van der Waals surface area contributed by atoms with Crippen LogP contribution in [-0.2, 0) is 14.3 Å². The molecule has 0 radical (unpaired) electrons. The molecule has 8 heteroatoms. The SMILES string of the molecule is COCCCN(CC(=O)Nc1nc(C)c(C)s1)C(=O)CCCCCN. The Kier molecular flexibility index (Phi) is 10.3. The smallest absolute Gasteiger partial charge is 0.245 e. The van der Waals surface area contributed by atoms with Gasteiger partial charge >= 0.3 is 0 Å². The van der Waals surface area contributed by atoms with E-state index in [-0.39, 0.29) is 18.4 Å². The van der Waals surface area contributed by atoms with Gasteiger partial charge < -0.3 is 20.7 Å². The van der Waals surface area contributed by atoms with Gasteiger partial charge in [0, 0.05) is 31.6 Å². The van der Waals surface area contributed by atoms with E-state index in [2.05, 4.69) is 10.3 Å². The number of hydrogen-bond acceptors (Lipinski definition) is 6. The first-order chi connectivity index (χ1) is 12.0. The molecule has 0 aliphatic rings. The van der Waals surface area contributed by atoms with E-state index in [1.807, 2.05) is 13.8 Å². The van der Waals surface area contributed by atoms with E-state index in [4.69, 9.17) is 10.5 Å². The van der Waals surface area contributed by atoms with Crippen LogP contribution in [0.25, 0.3) is 0 Å². The Morgan fingerprint density at radius 1 is 1.24 bits per heavy atom. The minimum absolute atomic E-state index is 0.00484. The summed E-state index contributed by atoms with van der Waals surface area (Å²) in [6.07, 6.45) is 3.78. The number of aryl methyl sites for hydroxylation is 2. The number of carbonyl (C=O) groups is 2. The standard InChI is InChI=1S/C17H30N4O3S/c1-13-14(2)25-17(19-13)20-15(22)12-21(10-7-11-24-3)16(23)8-5-4-6-9-18/h4-12,18H2,1-3H3,(H,19,20,22). The van der Waals surface area contributed by atoms with Crippen molar-refractivity contribution in [2.24, 2.45) is 5.73 Å². The topological polar surface area (TPSA) is 97.5 Å². The van der Waals surface area contributed by atoms with E-state index in [1.54, 1.807) is 12.0 Å². The number of ether oxygens (including phenoxy) is 1. The van der Waals surface area contributed by atoms with Crippen LogP contribution in [0.5, 0.6) is 0 Å². The number of thiazole rings is 1. The molecule has 3 N–H and O–H groups in total. The van der Waals surface area contributed by atoms with Crippen LogP contribution in [0.3, 0.4) is 0 Å². The zero-order valence-corrected chi connectivity index (χ0v) is 16.3. The number of unbranched alkanes of at least 4 members (excludes halogenated alkanes) is 2. The van der Waals surface area contributed by atoms with Crippen LogP contribution in [0.2, 0.25) is 0 Å². The van der Waals surface area contributed by atoms with Gasteiger partial charge in [0.1, 0.15) is 0 Å². The molecular formula is C17H30N4O3S. The fourth-order valence-corrected chi connectivity index (χ4v) is 3.14. The molecule has 25 heavy (non-hydrogen) atoms. The lowest BCUT2D eigenvalue weighted by atomic mass is 10.1. The molecule has 2 amide bonds. The Bertz CT molecular complexity index is 528. The summed E-state index contributed by atoms with van der Waals surface area (Å²) in [7, 11) is 1.62. The first-order valence-electron chi connectivity index (χ1n) is 8.68. The van der Waals surface area contributed by atoms with Gasteiger partial charge in [0.05, 0.1) is 12.2 Å². The third-order valence-corrected chi connectivity index (χ3v) is 4.82. The van der Waals surface area contributed by atoms with Crippen molar-refractivity contribution < 1.29 is 14.3 Å². The maximum absolute atomic E-state index is 12.4. The summed E-state index contributed by atoms with van der Waals surface area (Å²) >= 11 is 1.44. The lowest BCUT2D eigenvalue weighted by Crippen LogP contribution is -2.39. The Morgan fingerprint density at radius 3 is 2.60 bits per heavy atom. The second kappa shape index (κ2) is 11.9. The van der Waals surface area contributed by atoms with Crippen molar-refractivity contribution in [3.05, 3.63) is 10.6 Å². The number of rotatable bonds is 12. The van der Waals surface area contributed by atoms with Crippen LogP contribution < -0.4 is 11.1 Å². The normalized spacial score (nSPS) is 10.7. The molecular weight excluding hydrogens is 340 g/mol. The number of amides is 2. The molecule has 142 valence electrons. The van der Waals surface area contributed by atoms with Crippen molar-refractivity contribution in [3.63, 3.8) is 0 Å². The van der Waals surface area contributed by atoms with E-state index >= 15 is 0 Å². The first kappa shape index (κ1) is 21.5. The molecule has 0 fully saturated rings. The number of hydrogen-bond donors (Lipinski definition) is 2. The van der Waals surface area contributed by atoms with Gasteiger partial charge in [-0.1, -0.05) is 6.42 Å². The van der Waals surface area contributed by atoms with E-state index in [0.29, 0.717) is 37.7 Å². The minimum Gasteiger partial charge on any atom is -0.385 e. The van der Waals surface area contributed by atoms with Crippen molar-refractivity contribution in [2.45, 2.75) is 46.0 Å². The molecule has 0 unspecified atom stereocenters. The maximum Gasteiger partial charge on any atom is 0.245 e. The second-order valence-electron chi connectivity index (χ2n) is 5.97. The molecule has 0 aliphatic heterocycles. The molecule has 0 saturated heterocycles. The van der Waals surface area contributed by atoms with Crippen LogP contribution >= 0.6 is 11.3 Å². The number of methoxy groups -OCH3 is 1. The summed E-state index contributed by atoms with van der Waals surface area (Å²) in [5.74, 6) is -0.226. The predicted octanol–water partition coefficient (Wildman–Crippen LogP) is 2.08. The third-order valence-electron chi connectivity index (χ3n) is 3.83. The number of carbonyl (C=O) groups excluding carboxylic acids is 2. The van der Waals surface area contributed by atoms with E-state index in [9.17, 15) is 9.59 Å². The van der Waals surface area contributed by atoms with Gasteiger partial charge in [0.25, 0.3) is 0 Å². The molecule has 1 heterocycles. The number of aromatic nitrogens is 1. The van der Waals surface area contributed by atoms with Crippen molar-refractivity contribution in [1.29, 1.82) is 0 Å². The Morgan fingerprint density at radius 2 is 2.00 bits per heavy atom. The highest BCUT2D eigenvalue weighted by molar-refractivity contribution is 7.15. The molecule has 7 nitrogen and oxygen atoms in total. The molecule has 0 aromatic carbocycles. The lowest BCUT2D eigenvalue weighted by molar-refractivity contribution is -0.135. The fourth-order valence-electron chi connectivity index (χ4n) is 2.31. The molecule has 1 aromatic heterocycles. The van der Waals surface area contributed by atoms with Crippen molar-refractivity contribution in [3.8, 4) is 0 Å². The summed E-state index contributed by atoms with van der Waals surface area (Å²) in [6, 6.07) is 0. The number of nitrogens with one attached hydrogen (secondary N) is 1. The monoisotopic (exact) mass is 370 g/mol. The maximum atomic E-state index is 12.4. The van der Waals surface area contributed by atoms with Crippen molar-refractivity contribution in [2.75, 3.05) is 38.7 Å². The highest BCUT2D eigenvalue weighted by Gasteiger charge is 2.17. The van der Waals surface area contributed by atoms with Gasteiger partial charge in [-0.2, -0.15) is 0 Å². The molecule has 0 bridgehead atoms. The van der Waals surface area contributed by atoms with Crippen LogP contribution in [0, 0.1) is 13.8 Å². The van der Waals surface area contributed by atoms with Gasteiger partial charge in [-0.3, -0.25) is 9.59 Å². The first-order valence-corrected chi connectivity index (χ1v) is 9.50. The van der Waals surface area contributed by atoms with E-state index in [0.717, 1.165) is 29.8 Å². The quantitative estimate of drug-likeness (QED) is 0.549. The largest absolute Gasteiger partial charge is 0.385 e. The summed E-state index contributed by atoms with van der Waals surface area (Å²) < 4.78 is 5.04. The fraction of sp³-hybridized carbons (Fsp3) is 0.706. The second-order valence-corrected chi connectivity index (χ2v) is 7.17. The summed E-state index contributed by atoms with van der Waals surface area (Å²) in [5, 5.41) is 3.36. The molecule has 0 atom stereocenters. The lowest BCUT2D eigenvalue weighted by Gasteiger charge is -2.22. The van der Waals surface area contributed by atoms with Crippen molar-refractivity contribution >= 4 is 28.3 Å². The van der Waals surface area contributed by atoms with Gasteiger partial charge in [-0.15, -0.1) is 11.3 Å². The number of nitrogens with two attached hydrogens (primary N) is 1. The molecule has 1 rings (SSSR count). The third kappa shape index (κ3) is 8.42. The summed E-state index contributed by atoms with van der Waals surface area (Å²) in [5.41, 5.74) is 6.38. The Labute approximate surface area is 153 Å². The highest BCUT2D eigenvalue weighted by Crippen LogP contribution is 2.21. The van der Waals surface area contributed by atoms with Crippen molar-refractivity contribution in [1.82, 2.24) is 9.88 Å². The van der Waals surface area contributed by atoms with Crippen LogP contribution in [0.15, 0.2) is 0 Å². The molecule has 1 aromatic rings. The van der Waals surface area contributed by atoms with Gasteiger partial charge in [0.15, 0.2) is 5.13 Å². The van der Waals surface area contributed by atoms with Crippen LogP contribution in [0.1, 0.15) is 42.7 Å². The Balaban J connectivity index is 2.55. The van der Waals surface area contributed by atoms with Gasteiger partial charge in [-0.05, 0) is 39.7 Å². The summed E-state index contributed by atoms with van der Waals surface area (Å²) in [6.45, 7) is 5.61. The van der Waals surface area contributed by atoms with Gasteiger partial charge in [0.2, 0.25) is 11.8 Å². The average molecular weight is 371 g/mol. The molecule has 0 aliphatic carbocycles. The zero-order valence-electron chi connectivity index (χ0n) is 15.5. The van der Waals surface area contributed by atoms with Crippen LogP contribution in [0.4, 0.5) is 5.13 Å². The number of nitrogens with zero attached hydrogens (tertiary/aromatic N) is 2. The number of anilines is 1. The van der Waals surface area contributed by atoms with Gasteiger partial charge in [-0.25, -0.2) is 4.98 Å². The molecule has 0 saturated carbocycles. The molecule has 0 spiro atoms. The van der Waals surface area contributed by atoms with Crippen LogP contribution in [-0.4, -0.2) is 55.0 Å². The summed E-state index contributed by atoms with van der Waals surface area (Å²) in [4.78, 5) is 31.7. The minimum atomic E-state index is -0.221. The predicted molar refractivity (Wildman–Crippen MR) is 101 cm³/mol.